The van der Waals surface area contributed by atoms with Crippen LogP contribution in [0.5, 0.6) is 0 Å². The van der Waals surface area contributed by atoms with Gasteiger partial charge in [-0.2, -0.15) is 0 Å². The molecular formula is C4H4GeSi. The monoisotopic (exact) mass is 154 g/mol. The molecule has 0 saturated heterocycles. The van der Waals surface area contributed by atoms with Gasteiger partial charge in [-0.3, -0.25) is 0 Å². The van der Waals surface area contributed by atoms with Crippen LogP contribution in [0.1, 0.15) is 0 Å². The fraction of sp³-hybridized carbons (Fsp3) is 0. The van der Waals surface area contributed by atoms with Gasteiger partial charge in [0, 0.05) is 0 Å². The van der Waals surface area contributed by atoms with E-state index in [1.54, 1.807) is 5.70 Å². The Morgan fingerprint density at radius 2 is 2.00 bits per heavy atom. The first kappa shape index (κ1) is 6.24. The number of rotatable bonds is 1. The fourth-order valence-electron chi connectivity index (χ4n) is 0.111. The molecule has 0 aliphatic rings. The first-order valence-corrected chi connectivity index (χ1v) is 3.37. The van der Waals surface area contributed by atoms with Crippen molar-refractivity contribution in [1.82, 2.24) is 0 Å². The Morgan fingerprint density at radius 3 is 2.17 bits per heavy atom. The summed E-state index contributed by atoms with van der Waals surface area (Å²) in [5.74, 6) is 0. The molecule has 0 aliphatic heterocycles. The van der Waals surface area contributed by atoms with Crippen LogP contribution in [0.4, 0.5) is 0 Å². The molecule has 0 bridgehead atoms. The molecule has 0 N–H and O–H groups in total. The quantitative estimate of drug-likeness (QED) is 0.376. The van der Waals surface area contributed by atoms with E-state index in [-0.39, 0.29) is 0 Å². The molecule has 0 atom stereocenters. The molecule has 0 aromatic rings. The van der Waals surface area contributed by atoms with Crippen molar-refractivity contribution in [2.75, 3.05) is 0 Å². The van der Waals surface area contributed by atoms with Crippen molar-refractivity contribution in [3.63, 3.8) is 0 Å². The average molecular weight is 153 g/mol. The molecular weight excluding hydrogens is 149 g/mol. The third-order valence-corrected chi connectivity index (χ3v) is 0.900. The predicted octanol–water partition coefficient (Wildman–Crippen LogP) is 0.351. The Labute approximate surface area is 50.0 Å². The Kier molecular flexibility index (Phi) is 5.45. The molecule has 0 nitrogen and oxygen atoms in total. The Balaban J connectivity index is 3.07. The van der Waals surface area contributed by atoms with Gasteiger partial charge in [-0.05, 0) is 0 Å². The van der Waals surface area contributed by atoms with Crippen molar-refractivity contribution >= 4 is 26.8 Å². The number of hydrogen-bond donors (Lipinski definition) is 0. The Hall–Kier alpha value is 0.240. The van der Waals surface area contributed by atoms with Crippen LogP contribution in [-0.4, -0.2) is 26.8 Å². The Morgan fingerprint density at radius 1 is 1.33 bits per heavy atom. The van der Waals surface area contributed by atoms with Crippen molar-refractivity contribution in [2.24, 2.45) is 0 Å². The first-order valence-electron chi connectivity index (χ1n) is 1.58. The van der Waals surface area contributed by atoms with Gasteiger partial charge in [-0.25, -0.2) is 0 Å². The zero-order chi connectivity index (χ0) is 4.83. The van der Waals surface area contributed by atoms with Crippen LogP contribution in [-0.2, 0) is 0 Å². The second-order valence-electron chi connectivity index (χ2n) is 0.718. The topological polar surface area (TPSA) is 0 Å². The van der Waals surface area contributed by atoms with E-state index in [9.17, 15) is 0 Å². The van der Waals surface area contributed by atoms with Gasteiger partial charge in [0.1, 0.15) is 0 Å². The number of hydrogen-bond acceptors (Lipinski definition) is 0. The van der Waals surface area contributed by atoms with Crippen molar-refractivity contribution in [3.8, 4) is 0 Å². The van der Waals surface area contributed by atoms with Gasteiger partial charge >= 0.3 is 49.5 Å². The predicted molar refractivity (Wildman–Crippen MR) is 29.8 cm³/mol. The molecule has 0 unspecified atom stereocenters. The van der Waals surface area contributed by atoms with Gasteiger partial charge in [0.25, 0.3) is 0 Å². The van der Waals surface area contributed by atoms with E-state index in [0.717, 1.165) is 0 Å². The van der Waals surface area contributed by atoms with Crippen LogP contribution >= 0.6 is 0 Å². The molecule has 0 spiro atoms. The molecule has 0 rings (SSSR count). The van der Waals surface area contributed by atoms with Crippen LogP contribution in [0.25, 0.3) is 0 Å². The number of allylic oxidation sites excluding steroid dienone is 2. The molecule has 0 aliphatic carbocycles. The Bertz CT molecular complexity index is 55.9. The van der Waals surface area contributed by atoms with E-state index < -0.39 is 0 Å². The summed E-state index contributed by atoms with van der Waals surface area (Å²) in [5, 5.41) is 0. The normalized spacial score (nSPS) is 11.7. The van der Waals surface area contributed by atoms with Crippen molar-refractivity contribution in [1.29, 1.82) is 0 Å². The molecule has 2 heteroatoms. The molecule has 0 fully saturated rings. The molecule has 0 amide bonds. The van der Waals surface area contributed by atoms with Crippen LogP contribution in [0.15, 0.2) is 22.8 Å². The van der Waals surface area contributed by atoms with E-state index in [1.807, 2.05) is 33.6 Å². The summed E-state index contributed by atoms with van der Waals surface area (Å²) in [4.78, 5) is 1.97. The van der Waals surface area contributed by atoms with Crippen LogP contribution in [0.2, 0.25) is 0 Å². The van der Waals surface area contributed by atoms with Gasteiger partial charge < -0.3 is 0 Å². The van der Waals surface area contributed by atoms with Crippen molar-refractivity contribution in [3.05, 3.63) is 22.8 Å². The minimum absolute atomic E-state index is 1.81. The van der Waals surface area contributed by atoms with E-state index in [2.05, 4.69) is 10.2 Å². The molecule has 0 saturated carbocycles. The zero-order valence-electron chi connectivity index (χ0n) is 3.31. The van der Waals surface area contributed by atoms with Gasteiger partial charge in [0.2, 0.25) is 0 Å². The summed E-state index contributed by atoms with van der Waals surface area (Å²) >= 11 is 1.98. The van der Waals surface area contributed by atoms with Crippen LogP contribution < -0.4 is 0 Å². The van der Waals surface area contributed by atoms with Crippen molar-refractivity contribution in [2.45, 2.75) is 0 Å². The van der Waals surface area contributed by atoms with Gasteiger partial charge in [-0.15, -0.1) is 0 Å². The summed E-state index contributed by atoms with van der Waals surface area (Å²) in [6.07, 6.45) is 3.86. The maximum atomic E-state index is 3.16. The van der Waals surface area contributed by atoms with Gasteiger partial charge in [0.15, 0.2) is 0 Å². The minimum atomic E-state index is 1.81. The summed E-state index contributed by atoms with van der Waals surface area (Å²) in [6, 6.07) is 0. The molecule has 6 radical (unpaired) electrons. The average Bonchev–Trinajstić information content (AvgIpc) is 1.61. The molecule has 0 heterocycles. The van der Waals surface area contributed by atoms with E-state index in [1.165, 1.54) is 0 Å². The summed E-state index contributed by atoms with van der Waals surface area (Å²) in [6.45, 7) is 0. The van der Waals surface area contributed by atoms with E-state index in [4.69, 9.17) is 0 Å². The SMILES string of the molecule is [Si]/C=C\C=[CH]/[Ge]. The molecule has 6 heavy (non-hydrogen) atoms. The maximum absolute atomic E-state index is 3.16. The van der Waals surface area contributed by atoms with E-state index >= 15 is 0 Å². The molecule has 28 valence electrons. The summed E-state index contributed by atoms with van der Waals surface area (Å²) < 4.78 is 0. The second-order valence-corrected chi connectivity index (χ2v) is 1.75. The van der Waals surface area contributed by atoms with Crippen LogP contribution in [0.3, 0.4) is 0 Å². The molecule has 0 aromatic carbocycles. The third-order valence-electron chi connectivity index (χ3n) is 0.304. The first-order chi connectivity index (χ1) is 2.91. The van der Waals surface area contributed by atoms with Gasteiger partial charge in [0.05, 0.1) is 0 Å². The summed E-state index contributed by atoms with van der Waals surface area (Å²) in [7, 11) is 3.16. The van der Waals surface area contributed by atoms with E-state index in [0.29, 0.717) is 0 Å². The van der Waals surface area contributed by atoms with Crippen molar-refractivity contribution < 1.29 is 0 Å². The molecule has 0 aromatic heterocycles. The zero-order valence-corrected chi connectivity index (χ0v) is 6.41. The van der Waals surface area contributed by atoms with Gasteiger partial charge in [-0.1, -0.05) is 0 Å². The third kappa shape index (κ3) is 4.24. The standard InChI is InChI=1S/C4H4GeSi/c5-3-1-2-4-6/h1-4H/b3-1-,4-2-. The fourth-order valence-corrected chi connectivity index (χ4v) is 0.455. The summed E-state index contributed by atoms with van der Waals surface area (Å²) in [5.41, 5.74) is 1.81. The van der Waals surface area contributed by atoms with Crippen LogP contribution in [0, 0.1) is 0 Å². The second kappa shape index (κ2) is 5.24.